The first-order chi connectivity index (χ1) is 16.7. The van der Waals surface area contributed by atoms with E-state index in [9.17, 15) is 28.3 Å². The van der Waals surface area contributed by atoms with Gasteiger partial charge in [0, 0.05) is 26.2 Å². The Morgan fingerprint density at radius 3 is 2.58 bits per heavy atom. The van der Waals surface area contributed by atoms with Crippen molar-refractivity contribution < 1.29 is 64.3 Å². The van der Waals surface area contributed by atoms with Gasteiger partial charge in [-0.1, -0.05) is 30.3 Å². The molecule has 9 nitrogen and oxygen atoms in total. The molecule has 0 unspecified atom stereocenters. The zero-order chi connectivity index (χ0) is 25.5. The van der Waals surface area contributed by atoms with Crippen molar-refractivity contribution in [1.29, 1.82) is 0 Å². The van der Waals surface area contributed by atoms with Gasteiger partial charge in [0.05, 0.1) is 12.1 Å². The minimum absolute atomic E-state index is 0. The van der Waals surface area contributed by atoms with Crippen molar-refractivity contribution in [3.63, 3.8) is 0 Å². The number of rotatable bonds is 9. The molecule has 186 valence electrons. The first-order valence-electron chi connectivity index (χ1n) is 10.5. The van der Waals surface area contributed by atoms with E-state index in [1.165, 1.54) is 36.0 Å². The van der Waals surface area contributed by atoms with Gasteiger partial charge in [-0.15, -0.1) is 0 Å². The quantitative estimate of drug-likeness (QED) is 0.364. The number of aliphatic carboxylic acids is 1. The number of carbonyl (C=O) groups is 2. The number of nitrogens with one attached hydrogen (secondary N) is 1. The van der Waals surface area contributed by atoms with Crippen LogP contribution in [0.15, 0.2) is 65.6 Å². The zero-order valence-electron chi connectivity index (χ0n) is 20.6. The standard InChI is InChI=1S/C24H23F2N3O6.Na.H/c1-28-12-10-18(30)21(22(28)33)29(24(34)27-11-9-20(31)32)17-7-4-5-15(14-17)13-16-6-2-3-8-19(16)35-23(25)26;;/h2-8,10,12,14,23,30H,9,11,13H2,1H3,(H,27,34)(H,31,32);;/q;+1;-1. The van der Waals surface area contributed by atoms with E-state index < -0.39 is 29.9 Å². The van der Waals surface area contributed by atoms with Crippen LogP contribution in [0.1, 0.15) is 19.0 Å². The minimum Gasteiger partial charge on any atom is -1.00 e. The number of aromatic hydroxyl groups is 1. The molecule has 1 heterocycles. The van der Waals surface area contributed by atoms with Crippen LogP contribution in [0.4, 0.5) is 25.0 Å². The Hall–Kier alpha value is -3.41. The molecule has 0 saturated heterocycles. The average Bonchev–Trinajstić information content (AvgIpc) is 2.80. The summed E-state index contributed by atoms with van der Waals surface area (Å²) in [4.78, 5) is 37.6. The number of para-hydroxylation sites is 1. The van der Waals surface area contributed by atoms with E-state index in [-0.39, 0.29) is 67.5 Å². The maximum absolute atomic E-state index is 13.0. The topological polar surface area (TPSA) is 121 Å². The van der Waals surface area contributed by atoms with Gasteiger partial charge in [0.2, 0.25) is 0 Å². The molecular formula is C24H24F2N3NaO6. The molecule has 0 saturated carbocycles. The number of carbonyl (C=O) groups excluding carboxylic acids is 1. The van der Waals surface area contributed by atoms with Gasteiger partial charge in [0.25, 0.3) is 5.56 Å². The number of aromatic nitrogens is 1. The summed E-state index contributed by atoms with van der Waals surface area (Å²) < 4.78 is 31.3. The van der Waals surface area contributed by atoms with Crippen LogP contribution in [-0.4, -0.2) is 39.9 Å². The van der Waals surface area contributed by atoms with Crippen molar-refractivity contribution in [1.82, 2.24) is 9.88 Å². The molecule has 2 aromatic carbocycles. The molecule has 0 spiro atoms. The van der Waals surface area contributed by atoms with Gasteiger partial charge in [-0.05, 0) is 35.4 Å². The average molecular weight is 511 g/mol. The van der Waals surface area contributed by atoms with Crippen LogP contribution in [0.25, 0.3) is 0 Å². The number of anilines is 2. The third-order valence-electron chi connectivity index (χ3n) is 5.02. The molecule has 2 amide bonds. The molecule has 3 N–H and O–H groups in total. The first kappa shape index (κ1) is 28.8. The molecule has 0 atom stereocenters. The molecule has 0 aliphatic carbocycles. The van der Waals surface area contributed by atoms with Crippen LogP contribution in [0, 0.1) is 0 Å². The third-order valence-corrected chi connectivity index (χ3v) is 5.02. The second kappa shape index (κ2) is 13.1. The van der Waals surface area contributed by atoms with Gasteiger partial charge in [0.15, 0.2) is 5.69 Å². The van der Waals surface area contributed by atoms with Crippen LogP contribution < -0.4 is 50.1 Å². The molecule has 36 heavy (non-hydrogen) atoms. The summed E-state index contributed by atoms with van der Waals surface area (Å²) in [6, 6.07) is 13.1. The Balaban J connectivity index is 0.00000342. The number of halogens is 2. The molecule has 3 aromatic rings. The van der Waals surface area contributed by atoms with Crippen molar-refractivity contribution in [2.45, 2.75) is 19.5 Å². The molecule has 12 heteroatoms. The predicted molar refractivity (Wildman–Crippen MR) is 125 cm³/mol. The van der Waals surface area contributed by atoms with Crippen molar-refractivity contribution in [2.75, 3.05) is 11.4 Å². The van der Waals surface area contributed by atoms with Crippen molar-refractivity contribution in [3.8, 4) is 11.5 Å². The van der Waals surface area contributed by atoms with Gasteiger partial charge >= 0.3 is 48.2 Å². The molecule has 0 aliphatic rings. The molecule has 0 radical (unpaired) electrons. The molecular weight excluding hydrogens is 487 g/mol. The number of hydrogen-bond acceptors (Lipinski definition) is 5. The number of urea groups is 1. The molecule has 0 fully saturated rings. The Morgan fingerprint density at radius 1 is 1.17 bits per heavy atom. The summed E-state index contributed by atoms with van der Waals surface area (Å²) >= 11 is 0. The van der Waals surface area contributed by atoms with E-state index in [0.29, 0.717) is 11.1 Å². The second-order valence-electron chi connectivity index (χ2n) is 7.51. The fraction of sp³-hybridized carbons (Fsp3) is 0.208. The number of benzene rings is 2. The number of carboxylic acid groups (broad SMARTS) is 1. The second-order valence-corrected chi connectivity index (χ2v) is 7.51. The van der Waals surface area contributed by atoms with E-state index in [2.05, 4.69) is 10.1 Å². The molecule has 3 rings (SSSR count). The van der Waals surface area contributed by atoms with Crippen LogP contribution in [0.5, 0.6) is 11.5 Å². The van der Waals surface area contributed by atoms with Crippen LogP contribution in [0.3, 0.4) is 0 Å². The largest absolute Gasteiger partial charge is 1.00 e. The Morgan fingerprint density at radius 2 is 1.89 bits per heavy atom. The van der Waals surface area contributed by atoms with Gasteiger partial charge in [-0.3, -0.25) is 14.5 Å². The third kappa shape index (κ3) is 7.30. The maximum atomic E-state index is 13.0. The summed E-state index contributed by atoms with van der Waals surface area (Å²) in [7, 11) is 1.45. The number of carboxylic acids is 1. The first-order valence-corrected chi connectivity index (χ1v) is 10.5. The van der Waals surface area contributed by atoms with Gasteiger partial charge < -0.3 is 26.3 Å². The SMILES string of the molecule is Cn1ccc(O)c(N(C(=O)NCCC(=O)O)c2cccc(Cc3ccccc3OC(F)F)c2)c1=O.[H-].[Na+]. The number of amides is 2. The van der Waals surface area contributed by atoms with Gasteiger partial charge in [-0.25, -0.2) is 4.79 Å². The van der Waals surface area contributed by atoms with Crippen molar-refractivity contribution in [2.24, 2.45) is 7.05 Å². The maximum Gasteiger partial charge on any atom is 1.00 e. The molecule has 0 bridgehead atoms. The minimum atomic E-state index is -3.00. The Kier molecular flexibility index (Phi) is 10.5. The number of pyridine rings is 1. The number of alkyl halides is 2. The van der Waals surface area contributed by atoms with Crippen LogP contribution >= 0.6 is 0 Å². The predicted octanol–water partition coefficient (Wildman–Crippen LogP) is 0.722. The van der Waals surface area contributed by atoms with E-state index in [4.69, 9.17) is 5.11 Å². The Bertz CT molecular complexity index is 1290. The van der Waals surface area contributed by atoms with Crippen LogP contribution in [0.2, 0.25) is 0 Å². The number of aryl methyl sites for hydroxylation is 1. The van der Waals surface area contributed by atoms with E-state index in [1.807, 2.05) is 0 Å². The number of hydrogen-bond donors (Lipinski definition) is 3. The van der Waals surface area contributed by atoms with E-state index in [0.717, 1.165) is 4.90 Å². The van der Waals surface area contributed by atoms with Gasteiger partial charge in [-0.2, -0.15) is 8.78 Å². The smallest absolute Gasteiger partial charge is 1.00 e. The molecule has 1 aromatic heterocycles. The Labute approximate surface area is 228 Å². The summed E-state index contributed by atoms with van der Waals surface area (Å²) in [6.07, 6.45) is 1.15. The van der Waals surface area contributed by atoms with E-state index >= 15 is 0 Å². The zero-order valence-corrected chi connectivity index (χ0v) is 21.6. The van der Waals surface area contributed by atoms with Crippen molar-refractivity contribution in [3.05, 3.63) is 82.3 Å². The van der Waals surface area contributed by atoms with Gasteiger partial charge in [0.1, 0.15) is 11.5 Å². The monoisotopic (exact) mass is 511 g/mol. The fourth-order valence-corrected chi connectivity index (χ4v) is 3.41. The summed E-state index contributed by atoms with van der Waals surface area (Å²) in [5.41, 5.74) is 0.270. The summed E-state index contributed by atoms with van der Waals surface area (Å²) in [6.45, 7) is -3.21. The number of nitrogens with zero attached hydrogens (tertiary/aromatic N) is 2. The summed E-state index contributed by atoms with van der Waals surface area (Å²) in [5, 5.41) is 21.7. The molecule has 0 aliphatic heterocycles. The van der Waals surface area contributed by atoms with Crippen molar-refractivity contribution >= 4 is 23.4 Å². The summed E-state index contributed by atoms with van der Waals surface area (Å²) in [5.74, 6) is -1.57. The van der Waals surface area contributed by atoms with Crippen LogP contribution in [-0.2, 0) is 18.3 Å². The van der Waals surface area contributed by atoms with E-state index in [1.54, 1.807) is 36.4 Å². The fourth-order valence-electron chi connectivity index (χ4n) is 3.41. The normalized spacial score (nSPS) is 10.4. The number of ether oxygens (including phenoxy) is 1.